The molecule has 0 unspecified atom stereocenters. The van der Waals surface area contributed by atoms with E-state index in [1.807, 2.05) is 58.3 Å². The Kier molecular flexibility index (Phi) is 27.8. The smallest absolute Gasteiger partial charge is 0.241 e. The highest BCUT2D eigenvalue weighted by molar-refractivity contribution is 5.99. The summed E-state index contributed by atoms with van der Waals surface area (Å²) in [5.74, 6) is 0.510. The van der Waals surface area contributed by atoms with Gasteiger partial charge < -0.3 is 45.0 Å². The standard InChI is InChI=1S/C33H43FN8O.C31H44FN5O2.C31H43FN4O2/c1-23-18-41(28(17-37-23)20-39-12-13-40(19-24(39)2)32-35-10-5-11-36-32)21-30(43)42-22-33(3,4)31-29(42)15-26(16-38-31)14-25-6-8-27(34)9-7-25;1-20-9-26(32)8-7-25(20)10-24-11-28-30(34-12-24)31(5,6)19-37(28)29(38)16-35-14-21(2)33-13-27(35)15-36-22(3)17-39-18-23(36)4;1-21-15-34(27(14-33-21)16-35-22(2)18-38-19-23(35)3)17-30(37)36-20-31(4,5)28-11-8-25(13-29(28)36)12-24-6-9-26(32)10-7-24/h5-11,15-16,23-24,28,37H,12-14,17-22H2,1-4H3;7-9,11-12,21-23,27,33H,10,13-19H2,1-6H3;6-11,13,21-23,27,33H,12,14-20H2,1-5H3/t23-,24-,28-;2*21-,22-,23-,27-/m111/s1. The van der Waals surface area contributed by atoms with Gasteiger partial charge in [0.1, 0.15) is 17.5 Å². The largest absolute Gasteiger partial charge is 0.378 e. The number of piperazine rings is 4. The predicted molar refractivity (Wildman–Crippen MR) is 470 cm³/mol. The molecule has 6 fully saturated rings. The van der Waals surface area contributed by atoms with Crippen LogP contribution in [0.4, 0.5) is 36.2 Å². The molecule has 9 aliphatic heterocycles. The summed E-state index contributed by atoms with van der Waals surface area (Å²) in [6, 6.07) is 34.3. The lowest BCUT2D eigenvalue weighted by Crippen LogP contribution is -2.63. The SMILES string of the molecule is C[C@@H]1CN(CC(=O)N2CC(C)(C)c3ccc(Cc4ccc(F)cc4)cc32)[C@@H](CN2[C@H](C)COC[C@H]2C)CN1.C[C@@H]1CN(CC(=O)N2CC(C)(C)c3ncc(Cc4ccc(F)cc4)cc32)[C@@H](CN2CCN(c3ncccn3)C[C@H]2C)CN1.Cc1cc(F)ccc1Cc1cnc2c(c1)N(C(=O)CN1C[C@@H](C)NC[C@@H]1CN1[C@H](C)COC[C@H]1C)CC2(C)C. The van der Waals surface area contributed by atoms with Crippen LogP contribution in [0, 0.1) is 24.4 Å². The van der Waals surface area contributed by atoms with E-state index in [-0.39, 0.29) is 69.5 Å². The van der Waals surface area contributed by atoms with Crippen LogP contribution < -0.4 is 35.6 Å². The summed E-state index contributed by atoms with van der Waals surface area (Å²) in [4.78, 5) is 83.4. The summed E-state index contributed by atoms with van der Waals surface area (Å²) in [5, 5.41) is 10.9. The topological polar surface area (TPSA) is 190 Å². The van der Waals surface area contributed by atoms with E-state index in [9.17, 15) is 27.6 Å². The van der Waals surface area contributed by atoms with Crippen molar-refractivity contribution in [1.82, 2.24) is 65.3 Å². The number of carbonyl (C=O) groups excluding carboxylic acids is 3. The number of morpholine rings is 2. The number of rotatable bonds is 19. The number of pyridine rings is 2. The highest BCUT2D eigenvalue weighted by Crippen LogP contribution is 2.44. The fourth-order valence-corrected chi connectivity index (χ4v) is 19.7. The summed E-state index contributed by atoms with van der Waals surface area (Å²) in [5.41, 5.74) is 12.7. The Morgan fingerprint density at radius 1 is 0.433 bits per heavy atom. The van der Waals surface area contributed by atoms with Crippen LogP contribution in [0.2, 0.25) is 0 Å². The van der Waals surface area contributed by atoms with Gasteiger partial charge in [-0.2, -0.15) is 0 Å². The monoisotopic (exact) mass is 1650 g/mol. The molecule has 6 saturated heterocycles. The van der Waals surface area contributed by atoms with Gasteiger partial charge >= 0.3 is 0 Å². The van der Waals surface area contributed by atoms with Gasteiger partial charge in [0.2, 0.25) is 23.7 Å². The summed E-state index contributed by atoms with van der Waals surface area (Å²) < 4.78 is 51.9. The van der Waals surface area contributed by atoms with Gasteiger partial charge in [-0.05, 0) is 187 Å². The van der Waals surface area contributed by atoms with Crippen molar-refractivity contribution in [2.24, 2.45) is 0 Å². The average molecular weight is 1650 g/mol. The number of hydrogen-bond donors (Lipinski definition) is 3. The molecule has 3 N–H and O–H groups in total. The minimum absolute atomic E-state index is 0.103. The summed E-state index contributed by atoms with van der Waals surface area (Å²) in [6.45, 7) is 49.5. The zero-order chi connectivity index (χ0) is 85.1. The predicted octanol–water partition coefficient (Wildman–Crippen LogP) is 10.4. The molecule has 0 aliphatic carbocycles. The fourth-order valence-electron chi connectivity index (χ4n) is 19.7. The molecular formula is C95H130F3N17O5. The van der Waals surface area contributed by atoms with E-state index in [0.29, 0.717) is 107 Å². The Morgan fingerprint density at radius 2 is 0.842 bits per heavy atom. The highest BCUT2D eigenvalue weighted by Gasteiger charge is 2.46. The van der Waals surface area contributed by atoms with Crippen LogP contribution in [0.3, 0.4) is 0 Å². The lowest BCUT2D eigenvalue weighted by Gasteiger charge is -2.46. The molecule has 120 heavy (non-hydrogen) atoms. The Labute approximate surface area is 710 Å². The third-order valence-electron chi connectivity index (χ3n) is 26.5. The molecule has 3 amide bonds. The summed E-state index contributed by atoms with van der Waals surface area (Å²) in [6.07, 6.45) is 9.41. The zero-order valence-corrected chi connectivity index (χ0v) is 73.6. The van der Waals surface area contributed by atoms with Crippen LogP contribution in [-0.4, -0.2) is 278 Å². The normalized spacial score (nSPS) is 26.5. The molecule has 3 aromatic heterocycles. The summed E-state index contributed by atoms with van der Waals surface area (Å²) in [7, 11) is 0. The van der Waals surface area contributed by atoms with E-state index in [0.717, 1.165) is 178 Å². The maximum absolute atomic E-state index is 14.0. The van der Waals surface area contributed by atoms with E-state index in [4.69, 9.17) is 19.4 Å². The van der Waals surface area contributed by atoms with Gasteiger partial charge in [-0.25, -0.2) is 23.1 Å². The Hall–Kier alpha value is -8.18. The molecule has 12 heterocycles. The highest BCUT2D eigenvalue weighted by atomic mass is 19.1. The third kappa shape index (κ3) is 21.0. The number of ether oxygens (including phenoxy) is 2. The van der Waals surface area contributed by atoms with Crippen molar-refractivity contribution in [2.75, 3.05) is 164 Å². The van der Waals surface area contributed by atoms with Gasteiger partial charge in [0.25, 0.3) is 0 Å². The number of nitrogens with one attached hydrogen (secondary N) is 3. The molecule has 4 aromatic carbocycles. The fraction of sp³-hybridized carbons (Fsp3) is 0.568. The van der Waals surface area contributed by atoms with Crippen LogP contribution in [0.15, 0.2) is 128 Å². The third-order valence-corrected chi connectivity index (χ3v) is 26.5. The first-order chi connectivity index (χ1) is 57.3. The van der Waals surface area contributed by atoms with E-state index < -0.39 is 0 Å². The molecule has 22 nitrogen and oxygen atoms in total. The molecule has 7 aromatic rings. The van der Waals surface area contributed by atoms with Gasteiger partial charge in [-0.15, -0.1) is 0 Å². The number of aryl methyl sites for hydroxylation is 1. The minimum atomic E-state index is -0.242. The van der Waals surface area contributed by atoms with Crippen molar-refractivity contribution in [3.05, 3.63) is 201 Å². The van der Waals surface area contributed by atoms with Crippen molar-refractivity contribution >= 4 is 40.7 Å². The number of nitrogens with zero attached hydrogens (tertiary/aromatic N) is 14. The first-order valence-electron chi connectivity index (χ1n) is 43.9. The van der Waals surface area contributed by atoms with Crippen LogP contribution in [0.25, 0.3) is 0 Å². The van der Waals surface area contributed by atoms with Gasteiger partial charge in [-0.1, -0.05) is 84.0 Å². The van der Waals surface area contributed by atoms with Crippen LogP contribution >= 0.6 is 0 Å². The number of hydrogen-bond acceptors (Lipinski definition) is 19. The first-order valence-corrected chi connectivity index (χ1v) is 43.9. The molecule has 0 spiro atoms. The number of aromatic nitrogens is 4. The Bertz CT molecular complexity index is 4660. The van der Waals surface area contributed by atoms with Gasteiger partial charge in [-0.3, -0.25) is 53.8 Å². The molecule has 0 radical (unpaired) electrons. The quantitative estimate of drug-likeness (QED) is 0.0693. The number of anilines is 4. The minimum Gasteiger partial charge on any atom is -0.378 e. The maximum atomic E-state index is 14.0. The van der Waals surface area contributed by atoms with Crippen molar-refractivity contribution in [2.45, 2.75) is 206 Å². The molecule has 0 bridgehead atoms. The van der Waals surface area contributed by atoms with Gasteiger partial charge in [0.15, 0.2) is 0 Å². The number of carbonyl (C=O) groups is 3. The van der Waals surface area contributed by atoms with E-state index in [1.54, 1.807) is 30.6 Å². The van der Waals surface area contributed by atoms with E-state index in [2.05, 4.69) is 187 Å². The Morgan fingerprint density at radius 3 is 1.30 bits per heavy atom. The molecule has 0 saturated carbocycles. The number of benzene rings is 4. The molecule has 25 heteroatoms. The molecule has 16 rings (SSSR count). The summed E-state index contributed by atoms with van der Waals surface area (Å²) >= 11 is 0. The van der Waals surface area contributed by atoms with Gasteiger partial charge in [0, 0.05) is 211 Å². The average Bonchev–Trinajstić information content (AvgIpc) is 1.62. The van der Waals surface area contributed by atoms with E-state index >= 15 is 0 Å². The lowest BCUT2D eigenvalue weighted by atomic mass is 9.86. The second kappa shape index (κ2) is 37.9. The van der Waals surface area contributed by atoms with Crippen LogP contribution in [-0.2, 0) is 59.4 Å². The zero-order valence-electron chi connectivity index (χ0n) is 73.6. The maximum Gasteiger partial charge on any atom is 0.241 e. The second-order valence-electron chi connectivity index (χ2n) is 38.1. The van der Waals surface area contributed by atoms with E-state index in [1.165, 1.54) is 35.9 Å². The second-order valence-corrected chi connectivity index (χ2v) is 38.1. The van der Waals surface area contributed by atoms with Crippen molar-refractivity contribution in [1.29, 1.82) is 0 Å². The molecule has 646 valence electrons. The lowest BCUT2D eigenvalue weighted by molar-refractivity contribution is -0.122. The molecule has 9 aliphatic rings. The number of amides is 3. The number of fused-ring (bicyclic) bond motifs is 3. The molecule has 11 atom stereocenters. The number of halogens is 3. The van der Waals surface area contributed by atoms with Crippen molar-refractivity contribution in [3.63, 3.8) is 0 Å². The molecular weight excluding hydrogens is 1520 g/mol. The van der Waals surface area contributed by atoms with Gasteiger partial charge in [0.05, 0.1) is 68.8 Å². The van der Waals surface area contributed by atoms with Crippen LogP contribution in [0.5, 0.6) is 0 Å². The van der Waals surface area contributed by atoms with Crippen molar-refractivity contribution < 1.29 is 37.0 Å². The van der Waals surface area contributed by atoms with Crippen LogP contribution in [0.1, 0.15) is 153 Å². The Balaban J connectivity index is 0.000000148. The van der Waals surface area contributed by atoms with Crippen molar-refractivity contribution in [3.8, 4) is 0 Å². The first kappa shape index (κ1) is 88.1.